The van der Waals surface area contributed by atoms with Gasteiger partial charge in [-0.2, -0.15) is 4.98 Å². The number of aromatic nitrogens is 2. The highest BCUT2D eigenvalue weighted by molar-refractivity contribution is 6.01. The molecule has 5 rings (SSSR count). The maximum Gasteiger partial charge on any atom is 0.326 e. The van der Waals surface area contributed by atoms with Crippen molar-refractivity contribution in [2.75, 3.05) is 11.5 Å². The minimum Gasteiger partial charge on any atom is -0.494 e. The Morgan fingerprint density at radius 2 is 1.83 bits per heavy atom. The van der Waals surface area contributed by atoms with Gasteiger partial charge in [0.05, 0.1) is 23.9 Å². The zero-order chi connectivity index (χ0) is 25.2. The monoisotopic (exact) mass is 484 g/mol. The summed E-state index contributed by atoms with van der Waals surface area (Å²) in [6, 6.07) is 20.1. The van der Waals surface area contributed by atoms with E-state index in [1.54, 1.807) is 17.0 Å². The fourth-order valence-corrected chi connectivity index (χ4v) is 4.35. The largest absolute Gasteiger partial charge is 0.494 e. The van der Waals surface area contributed by atoms with Crippen LogP contribution in [0, 0.1) is 12.7 Å². The molecule has 0 fully saturated rings. The zero-order valence-electron chi connectivity index (χ0n) is 20.2. The fourth-order valence-electron chi connectivity index (χ4n) is 4.35. The molecule has 1 atom stereocenters. The molecule has 36 heavy (non-hydrogen) atoms. The third-order valence-electron chi connectivity index (χ3n) is 6.01. The Balaban J connectivity index is 1.61. The first kappa shape index (κ1) is 23.3. The van der Waals surface area contributed by atoms with Gasteiger partial charge < -0.3 is 14.6 Å². The first-order valence-corrected chi connectivity index (χ1v) is 11.7. The van der Waals surface area contributed by atoms with Crippen LogP contribution in [0.2, 0.25) is 0 Å². The summed E-state index contributed by atoms with van der Waals surface area (Å²) in [5.74, 6) is 0.979. The standard InChI is InChI=1S/C28H25FN4O3/c1-4-35-23-13-11-19(12-14-23)26-31-27(36-32-26)24-18(3)33(22-10-5-7-17(2)15-22)28(34)30-25(24)20-8-6-9-21(29)16-20/h5-16,25H,4H2,1-3H3,(H,30,34). The number of anilines is 1. The van der Waals surface area contributed by atoms with Crippen LogP contribution < -0.4 is 15.0 Å². The smallest absolute Gasteiger partial charge is 0.326 e. The van der Waals surface area contributed by atoms with Crippen molar-refractivity contribution < 1.29 is 18.4 Å². The normalized spacial score (nSPS) is 15.7. The molecule has 182 valence electrons. The van der Waals surface area contributed by atoms with Crippen LogP contribution in [0.1, 0.15) is 36.9 Å². The van der Waals surface area contributed by atoms with Gasteiger partial charge in [-0.3, -0.25) is 4.90 Å². The van der Waals surface area contributed by atoms with Gasteiger partial charge in [-0.25, -0.2) is 9.18 Å². The first-order valence-electron chi connectivity index (χ1n) is 11.7. The van der Waals surface area contributed by atoms with E-state index in [2.05, 4.69) is 15.5 Å². The SMILES string of the molecule is CCOc1ccc(-c2noc(C3=C(C)N(c4cccc(C)c4)C(=O)NC3c3cccc(F)c3)n2)cc1. The number of hydrogen-bond acceptors (Lipinski definition) is 5. The number of nitrogens with zero attached hydrogens (tertiary/aromatic N) is 3. The van der Waals surface area contributed by atoms with Crippen molar-refractivity contribution in [1.29, 1.82) is 0 Å². The molecule has 1 N–H and O–H groups in total. The molecular formula is C28H25FN4O3. The van der Waals surface area contributed by atoms with E-state index in [4.69, 9.17) is 9.26 Å². The molecule has 0 saturated carbocycles. The molecule has 0 bridgehead atoms. The van der Waals surface area contributed by atoms with Crippen molar-refractivity contribution in [2.24, 2.45) is 0 Å². The summed E-state index contributed by atoms with van der Waals surface area (Å²) in [4.78, 5) is 19.5. The number of nitrogens with one attached hydrogen (secondary N) is 1. The average Bonchev–Trinajstić information content (AvgIpc) is 3.34. The number of allylic oxidation sites excluding steroid dienone is 1. The molecule has 2 amide bonds. The number of urea groups is 1. The lowest BCUT2D eigenvalue weighted by Crippen LogP contribution is -2.46. The summed E-state index contributed by atoms with van der Waals surface area (Å²) in [6.45, 7) is 6.28. The van der Waals surface area contributed by atoms with Crippen molar-refractivity contribution >= 4 is 17.3 Å². The van der Waals surface area contributed by atoms with Crippen molar-refractivity contribution in [3.8, 4) is 17.1 Å². The van der Waals surface area contributed by atoms with Crippen LogP contribution in [0.25, 0.3) is 17.0 Å². The number of rotatable bonds is 6. The van der Waals surface area contributed by atoms with Crippen LogP contribution in [-0.2, 0) is 0 Å². The van der Waals surface area contributed by atoms with E-state index in [0.29, 0.717) is 35.0 Å². The van der Waals surface area contributed by atoms with Crippen LogP contribution in [0.5, 0.6) is 5.75 Å². The van der Waals surface area contributed by atoms with Gasteiger partial charge in [-0.05, 0) is 80.4 Å². The maximum atomic E-state index is 14.1. The van der Waals surface area contributed by atoms with Gasteiger partial charge in [0.2, 0.25) is 5.82 Å². The highest BCUT2D eigenvalue weighted by Gasteiger charge is 2.36. The Bertz CT molecular complexity index is 1450. The highest BCUT2D eigenvalue weighted by atomic mass is 19.1. The summed E-state index contributed by atoms with van der Waals surface area (Å²) in [7, 11) is 0. The van der Waals surface area contributed by atoms with Crippen molar-refractivity contribution in [2.45, 2.75) is 26.8 Å². The van der Waals surface area contributed by atoms with Crippen molar-refractivity contribution in [3.05, 3.63) is 101 Å². The Morgan fingerprint density at radius 3 is 2.56 bits per heavy atom. The molecule has 1 aliphatic rings. The van der Waals surface area contributed by atoms with Crippen molar-refractivity contribution in [3.63, 3.8) is 0 Å². The number of amides is 2. The van der Waals surface area contributed by atoms with Crippen LogP contribution in [-0.4, -0.2) is 22.8 Å². The summed E-state index contributed by atoms with van der Waals surface area (Å²) in [6.07, 6.45) is 0. The molecule has 1 aromatic heterocycles. The predicted molar refractivity (Wildman–Crippen MR) is 135 cm³/mol. The van der Waals surface area contributed by atoms with E-state index < -0.39 is 11.9 Å². The van der Waals surface area contributed by atoms with E-state index in [9.17, 15) is 9.18 Å². The van der Waals surface area contributed by atoms with Gasteiger partial charge in [0, 0.05) is 11.3 Å². The Morgan fingerprint density at radius 1 is 1.06 bits per heavy atom. The molecule has 1 aliphatic heterocycles. The number of halogens is 1. The van der Waals surface area contributed by atoms with Gasteiger partial charge in [0.1, 0.15) is 11.6 Å². The number of carbonyl (C=O) groups is 1. The summed E-state index contributed by atoms with van der Waals surface area (Å²) >= 11 is 0. The number of ether oxygens (including phenoxy) is 1. The topological polar surface area (TPSA) is 80.5 Å². The van der Waals surface area contributed by atoms with Gasteiger partial charge in [0.15, 0.2) is 0 Å². The molecule has 3 aromatic carbocycles. The molecule has 2 heterocycles. The average molecular weight is 485 g/mol. The highest BCUT2D eigenvalue weighted by Crippen LogP contribution is 2.39. The minimum atomic E-state index is -0.678. The fraction of sp³-hybridized carbons (Fsp3) is 0.179. The lowest BCUT2D eigenvalue weighted by atomic mass is 9.94. The Labute approximate surface area is 208 Å². The molecule has 0 saturated heterocycles. The number of hydrogen-bond donors (Lipinski definition) is 1. The van der Waals surface area contributed by atoms with Crippen LogP contribution in [0.3, 0.4) is 0 Å². The summed E-state index contributed by atoms with van der Waals surface area (Å²) in [5.41, 5.74) is 4.24. The maximum absolute atomic E-state index is 14.1. The number of aryl methyl sites for hydroxylation is 1. The molecule has 0 spiro atoms. The second-order valence-corrected chi connectivity index (χ2v) is 8.49. The lowest BCUT2D eigenvalue weighted by Gasteiger charge is -2.35. The van der Waals surface area contributed by atoms with Gasteiger partial charge >= 0.3 is 6.03 Å². The third kappa shape index (κ3) is 4.45. The summed E-state index contributed by atoms with van der Waals surface area (Å²) in [5, 5.41) is 7.18. The van der Waals surface area contributed by atoms with Crippen LogP contribution in [0.4, 0.5) is 14.9 Å². The Hall–Kier alpha value is -4.46. The molecule has 0 radical (unpaired) electrons. The summed E-state index contributed by atoms with van der Waals surface area (Å²) < 4.78 is 25.4. The van der Waals surface area contributed by atoms with Gasteiger partial charge in [0.25, 0.3) is 5.89 Å². The molecule has 8 heteroatoms. The Kier molecular flexibility index (Phi) is 6.25. The molecule has 0 aliphatic carbocycles. The van der Waals surface area contributed by atoms with E-state index in [0.717, 1.165) is 16.9 Å². The third-order valence-corrected chi connectivity index (χ3v) is 6.01. The van der Waals surface area contributed by atoms with E-state index in [1.165, 1.54) is 12.1 Å². The van der Waals surface area contributed by atoms with E-state index >= 15 is 0 Å². The zero-order valence-corrected chi connectivity index (χ0v) is 20.2. The first-order chi connectivity index (χ1) is 17.4. The molecule has 7 nitrogen and oxygen atoms in total. The molecule has 4 aromatic rings. The van der Waals surface area contributed by atoms with Crippen LogP contribution in [0.15, 0.2) is 83.0 Å². The lowest BCUT2D eigenvalue weighted by molar-refractivity contribution is 0.244. The second kappa shape index (κ2) is 9.65. The quantitative estimate of drug-likeness (QED) is 0.348. The van der Waals surface area contributed by atoms with Crippen LogP contribution >= 0.6 is 0 Å². The minimum absolute atomic E-state index is 0.239. The van der Waals surface area contributed by atoms with Crippen molar-refractivity contribution in [1.82, 2.24) is 15.5 Å². The van der Waals surface area contributed by atoms with E-state index in [1.807, 2.05) is 69.3 Å². The number of carbonyl (C=O) groups excluding carboxylic acids is 1. The molecule has 1 unspecified atom stereocenters. The number of benzene rings is 3. The predicted octanol–water partition coefficient (Wildman–Crippen LogP) is 6.28. The van der Waals surface area contributed by atoms with Gasteiger partial charge in [-0.1, -0.05) is 29.4 Å². The van der Waals surface area contributed by atoms with Gasteiger partial charge in [-0.15, -0.1) is 0 Å². The molecular weight excluding hydrogens is 459 g/mol. The second-order valence-electron chi connectivity index (χ2n) is 8.49. The van der Waals surface area contributed by atoms with E-state index in [-0.39, 0.29) is 11.9 Å².